The van der Waals surface area contributed by atoms with Crippen molar-refractivity contribution in [3.8, 4) is 6.07 Å². The number of nitriles is 1. The van der Waals surface area contributed by atoms with Crippen LogP contribution in [0, 0.1) is 21.4 Å². The van der Waals surface area contributed by atoms with Gasteiger partial charge in [0.15, 0.2) is 5.82 Å². The fourth-order valence-electron chi connectivity index (χ4n) is 3.40. The minimum atomic E-state index is -0.532. The van der Waals surface area contributed by atoms with Crippen molar-refractivity contribution in [1.82, 2.24) is 14.8 Å². The van der Waals surface area contributed by atoms with Crippen LogP contribution >= 0.6 is 0 Å². The van der Waals surface area contributed by atoms with Gasteiger partial charge in [-0.2, -0.15) is 5.26 Å². The number of aromatic nitrogens is 3. The molecule has 0 unspecified atom stereocenters. The monoisotopic (exact) mass is 350 g/mol. The number of benzene rings is 1. The van der Waals surface area contributed by atoms with Crippen LogP contribution in [0.4, 0.5) is 11.4 Å². The van der Waals surface area contributed by atoms with Crippen LogP contribution in [-0.4, -0.2) is 25.6 Å². The molecule has 9 nitrogen and oxygen atoms in total. The molecule has 0 bridgehead atoms. The number of nitrogens with zero attached hydrogens (tertiary/aromatic N) is 5. The van der Waals surface area contributed by atoms with Crippen LogP contribution in [0.1, 0.15) is 36.5 Å². The molecular weight excluding hydrogens is 336 g/mol. The van der Waals surface area contributed by atoms with Crippen LogP contribution in [0.3, 0.4) is 0 Å². The SMILES string of the molecule is N#CC(=C1C(=O)Nc2ccc([N+](=O)[O-])cc21)c1nnc2n1CCCCC2. The number of hydrogen-bond donors (Lipinski definition) is 1. The smallest absolute Gasteiger partial charge is 0.270 e. The third-order valence-electron chi connectivity index (χ3n) is 4.65. The lowest BCUT2D eigenvalue weighted by Crippen LogP contribution is -2.09. The average molecular weight is 350 g/mol. The lowest BCUT2D eigenvalue weighted by atomic mass is 10.0. The maximum absolute atomic E-state index is 12.5. The summed E-state index contributed by atoms with van der Waals surface area (Å²) in [6, 6.07) is 6.15. The molecule has 130 valence electrons. The van der Waals surface area contributed by atoms with Gasteiger partial charge in [0.2, 0.25) is 0 Å². The van der Waals surface area contributed by atoms with Gasteiger partial charge in [-0.1, -0.05) is 6.42 Å². The van der Waals surface area contributed by atoms with E-state index in [4.69, 9.17) is 0 Å². The van der Waals surface area contributed by atoms with Crippen LogP contribution in [0.15, 0.2) is 18.2 Å². The molecule has 2 aliphatic heterocycles. The highest BCUT2D eigenvalue weighted by Crippen LogP contribution is 2.38. The summed E-state index contributed by atoms with van der Waals surface area (Å²) < 4.78 is 1.88. The fraction of sp³-hybridized carbons (Fsp3) is 0.294. The van der Waals surface area contributed by atoms with Gasteiger partial charge in [0.05, 0.1) is 10.5 Å². The summed E-state index contributed by atoms with van der Waals surface area (Å²) >= 11 is 0. The van der Waals surface area contributed by atoms with Gasteiger partial charge in [0.1, 0.15) is 17.5 Å². The van der Waals surface area contributed by atoms with Crippen LogP contribution in [-0.2, 0) is 17.8 Å². The summed E-state index contributed by atoms with van der Waals surface area (Å²) in [4.78, 5) is 23.0. The van der Waals surface area contributed by atoms with E-state index in [-0.39, 0.29) is 16.8 Å². The number of nitro benzene ring substituents is 1. The molecular formula is C17H14N6O3. The standard InChI is InChI=1S/C17H14N6O3/c18-9-12(16-21-20-14-4-2-1-3-7-22(14)16)15-11-8-10(23(25)26)5-6-13(11)19-17(15)24/h5-6,8H,1-4,7H2,(H,19,24). The topological polar surface area (TPSA) is 127 Å². The number of carbonyl (C=O) groups is 1. The van der Waals surface area contributed by atoms with Crippen LogP contribution < -0.4 is 5.32 Å². The second-order valence-electron chi connectivity index (χ2n) is 6.21. The van der Waals surface area contributed by atoms with Crippen molar-refractivity contribution in [2.75, 3.05) is 5.32 Å². The van der Waals surface area contributed by atoms with E-state index < -0.39 is 10.8 Å². The lowest BCUT2D eigenvalue weighted by Gasteiger charge is -2.07. The number of allylic oxidation sites excluding steroid dienone is 1. The first-order chi connectivity index (χ1) is 12.6. The number of nitrogens with one attached hydrogen (secondary N) is 1. The normalized spacial score (nSPS) is 17.6. The Morgan fingerprint density at radius 2 is 2.15 bits per heavy atom. The molecule has 0 fully saturated rings. The minimum absolute atomic E-state index is 0.0856. The molecule has 4 rings (SSSR count). The highest BCUT2D eigenvalue weighted by atomic mass is 16.6. The third kappa shape index (κ3) is 2.43. The van der Waals surface area contributed by atoms with E-state index in [9.17, 15) is 20.2 Å². The molecule has 0 atom stereocenters. The Morgan fingerprint density at radius 3 is 2.92 bits per heavy atom. The zero-order chi connectivity index (χ0) is 18.3. The maximum atomic E-state index is 12.5. The quantitative estimate of drug-likeness (QED) is 0.383. The second-order valence-corrected chi connectivity index (χ2v) is 6.21. The number of carbonyl (C=O) groups excluding carboxylic acids is 1. The van der Waals surface area contributed by atoms with Gasteiger partial charge >= 0.3 is 0 Å². The lowest BCUT2D eigenvalue weighted by molar-refractivity contribution is -0.384. The molecule has 3 heterocycles. The summed E-state index contributed by atoms with van der Waals surface area (Å²) in [5.74, 6) is 0.667. The minimum Gasteiger partial charge on any atom is -0.321 e. The average Bonchev–Trinajstić information content (AvgIpc) is 3.07. The molecule has 2 aromatic rings. The maximum Gasteiger partial charge on any atom is 0.270 e. The molecule has 9 heteroatoms. The summed E-state index contributed by atoms with van der Waals surface area (Å²) in [5, 5.41) is 31.8. The van der Waals surface area contributed by atoms with Crippen LogP contribution in [0.5, 0.6) is 0 Å². The van der Waals surface area contributed by atoms with E-state index in [1.54, 1.807) is 0 Å². The van der Waals surface area contributed by atoms with E-state index in [0.717, 1.165) is 31.5 Å². The summed E-state index contributed by atoms with van der Waals surface area (Å²) in [6.45, 7) is 0.680. The number of fused-ring (bicyclic) bond motifs is 2. The largest absolute Gasteiger partial charge is 0.321 e. The Labute approximate surface area is 148 Å². The van der Waals surface area contributed by atoms with Gasteiger partial charge in [0, 0.05) is 36.3 Å². The van der Waals surface area contributed by atoms with Gasteiger partial charge in [-0.15, -0.1) is 10.2 Å². The van der Waals surface area contributed by atoms with Gasteiger partial charge in [-0.05, 0) is 18.9 Å². The Morgan fingerprint density at radius 1 is 1.31 bits per heavy atom. The van der Waals surface area contributed by atoms with Crippen molar-refractivity contribution in [3.63, 3.8) is 0 Å². The van der Waals surface area contributed by atoms with Gasteiger partial charge in [-0.25, -0.2) is 0 Å². The van der Waals surface area contributed by atoms with Crippen molar-refractivity contribution in [2.24, 2.45) is 0 Å². The number of anilines is 1. The van der Waals surface area contributed by atoms with Gasteiger partial charge in [-0.3, -0.25) is 14.9 Å². The first kappa shape index (κ1) is 16.0. The highest BCUT2D eigenvalue weighted by molar-refractivity contribution is 6.37. The second kappa shape index (κ2) is 6.07. The number of nitro groups is 1. The highest BCUT2D eigenvalue weighted by Gasteiger charge is 2.32. The predicted octanol–water partition coefficient (Wildman–Crippen LogP) is 2.30. The van der Waals surface area contributed by atoms with Crippen molar-refractivity contribution in [2.45, 2.75) is 32.2 Å². The number of hydrogen-bond acceptors (Lipinski definition) is 6. The molecule has 0 radical (unpaired) electrons. The van der Waals surface area contributed by atoms with E-state index >= 15 is 0 Å². The van der Waals surface area contributed by atoms with Crippen molar-refractivity contribution in [1.29, 1.82) is 5.26 Å². The van der Waals surface area contributed by atoms with Crippen molar-refractivity contribution in [3.05, 3.63) is 45.5 Å². The van der Waals surface area contributed by atoms with Crippen molar-refractivity contribution >= 4 is 28.4 Å². The number of aryl methyl sites for hydroxylation is 1. The van der Waals surface area contributed by atoms with Crippen LogP contribution in [0.2, 0.25) is 0 Å². The molecule has 2 aliphatic rings. The molecule has 26 heavy (non-hydrogen) atoms. The first-order valence-corrected chi connectivity index (χ1v) is 8.27. The molecule has 1 aromatic heterocycles. The molecule has 1 N–H and O–H groups in total. The van der Waals surface area contributed by atoms with E-state index in [0.29, 0.717) is 23.6 Å². The zero-order valence-corrected chi connectivity index (χ0v) is 13.7. The van der Waals surface area contributed by atoms with Gasteiger partial charge < -0.3 is 9.88 Å². The Hall–Kier alpha value is -3.54. The fourth-order valence-corrected chi connectivity index (χ4v) is 3.40. The van der Waals surface area contributed by atoms with Crippen LogP contribution in [0.25, 0.3) is 11.1 Å². The number of non-ortho nitro benzene ring substituents is 1. The Kier molecular flexibility index (Phi) is 3.73. The van der Waals surface area contributed by atoms with E-state index in [2.05, 4.69) is 21.6 Å². The zero-order valence-electron chi connectivity index (χ0n) is 13.7. The summed E-state index contributed by atoms with van der Waals surface area (Å²) in [6.07, 6.45) is 3.79. The summed E-state index contributed by atoms with van der Waals surface area (Å²) in [5.41, 5.74) is 0.828. The van der Waals surface area contributed by atoms with Gasteiger partial charge in [0.25, 0.3) is 11.6 Å². The number of rotatable bonds is 2. The number of amides is 1. The Bertz CT molecular complexity index is 1010. The van der Waals surface area contributed by atoms with E-state index in [1.807, 2.05) is 4.57 Å². The molecule has 0 saturated heterocycles. The first-order valence-electron chi connectivity index (χ1n) is 8.27. The summed E-state index contributed by atoms with van der Waals surface area (Å²) in [7, 11) is 0. The van der Waals surface area contributed by atoms with Crippen molar-refractivity contribution < 1.29 is 9.72 Å². The molecule has 0 aliphatic carbocycles. The Balaban J connectivity index is 1.92. The molecule has 1 aromatic carbocycles. The third-order valence-corrected chi connectivity index (χ3v) is 4.65. The molecule has 0 saturated carbocycles. The predicted molar refractivity (Wildman–Crippen MR) is 91.7 cm³/mol. The molecule has 1 amide bonds. The molecule has 0 spiro atoms. The van der Waals surface area contributed by atoms with E-state index in [1.165, 1.54) is 18.2 Å².